The standard InChI is InChI=1S/C29H26ClN3O4S/c1-3-36-27(34)29(16-17-29)22-14-12-20(13-15-22)19-8-10-21(11-9-19)25-26(38-33-32-25)31-28(35)37-18(2)23-6-4-5-7-24(23)30/h4-15,18H,3,16-17H2,1-2H3,(H,31,35). The second-order valence-corrected chi connectivity index (χ2v) is 10.3. The number of anilines is 1. The van der Waals surface area contributed by atoms with Crippen LogP contribution in [0.4, 0.5) is 9.80 Å². The van der Waals surface area contributed by atoms with Crippen LogP contribution in [0.15, 0.2) is 72.8 Å². The van der Waals surface area contributed by atoms with Crippen molar-refractivity contribution in [3.05, 3.63) is 88.9 Å². The first kappa shape index (κ1) is 25.9. The van der Waals surface area contributed by atoms with Crippen molar-refractivity contribution in [2.45, 2.75) is 38.2 Å². The Morgan fingerprint density at radius 1 is 1.00 bits per heavy atom. The number of esters is 1. The Morgan fingerprint density at radius 3 is 2.26 bits per heavy atom. The predicted molar refractivity (Wildman–Crippen MR) is 148 cm³/mol. The van der Waals surface area contributed by atoms with Crippen LogP contribution in [-0.2, 0) is 19.7 Å². The van der Waals surface area contributed by atoms with Crippen molar-refractivity contribution in [2.24, 2.45) is 0 Å². The zero-order chi connectivity index (χ0) is 26.7. The quantitative estimate of drug-likeness (QED) is 0.231. The normalized spacial score (nSPS) is 14.4. The average Bonchev–Trinajstić information content (AvgIpc) is 3.62. The van der Waals surface area contributed by atoms with E-state index in [1.165, 1.54) is 0 Å². The molecule has 7 nitrogen and oxygen atoms in total. The van der Waals surface area contributed by atoms with E-state index in [4.69, 9.17) is 21.1 Å². The number of halogens is 1. The Labute approximate surface area is 229 Å². The number of hydrogen-bond acceptors (Lipinski definition) is 7. The summed E-state index contributed by atoms with van der Waals surface area (Å²) in [6.07, 6.45) is 0.512. The molecule has 1 aliphatic rings. The summed E-state index contributed by atoms with van der Waals surface area (Å²) < 4.78 is 14.8. The van der Waals surface area contributed by atoms with Gasteiger partial charge < -0.3 is 9.47 Å². The Kier molecular flexibility index (Phi) is 7.44. The summed E-state index contributed by atoms with van der Waals surface area (Å²) in [5.74, 6) is -0.138. The lowest BCUT2D eigenvalue weighted by molar-refractivity contribution is -0.146. The summed E-state index contributed by atoms with van der Waals surface area (Å²) in [6.45, 7) is 3.98. The van der Waals surface area contributed by atoms with Crippen LogP contribution in [0.5, 0.6) is 0 Å². The number of rotatable bonds is 8. The van der Waals surface area contributed by atoms with E-state index in [2.05, 4.69) is 14.9 Å². The fourth-order valence-electron chi connectivity index (χ4n) is 4.42. The minimum atomic E-state index is -0.613. The number of carbonyl (C=O) groups is 2. The van der Waals surface area contributed by atoms with Crippen LogP contribution >= 0.6 is 23.1 Å². The van der Waals surface area contributed by atoms with Crippen molar-refractivity contribution in [3.8, 4) is 22.4 Å². The lowest BCUT2D eigenvalue weighted by Crippen LogP contribution is -2.23. The molecule has 0 saturated heterocycles. The summed E-state index contributed by atoms with van der Waals surface area (Å²) in [4.78, 5) is 24.9. The van der Waals surface area contributed by atoms with E-state index in [0.29, 0.717) is 22.3 Å². The second kappa shape index (κ2) is 10.9. The number of aromatic nitrogens is 2. The summed E-state index contributed by atoms with van der Waals surface area (Å²) >= 11 is 7.29. The molecule has 0 aliphatic heterocycles. The molecule has 1 heterocycles. The van der Waals surface area contributed by atoms with E-state index in [1.807, 2.05) is 73.7 Å². The minimum Gasteiger partial charge on any atom is -0.465 e. The van der Waals surface area contributed by atoms with E-state index in [9.17, 15) is 9.59 Å². The molecule has 38 heavy (non-hydrogen) atoms. The minimum absolute atomic E-state index is 0.138. The summed E-state index contributed by atoms with van der Waals surface area (Å²) in [5, 5.41) is 7.98. The number of amides is 1. The maximum Gasteiger partial charge on any atom is 0.412 e. The molecule has 5 rings (SSSR count). The van der Waals surface area contributed by atoms with Crippen LogP contribution in [0.2, 0.25) is 5.02 Å². The van der Waals surface area contributed by atoms with Gasteiger partial charge in [0.2, 0.25) is 0 Å². The predicted octanol–water partition coefficient (Wildman–Crippen LogP) is 7.43. The highest BCUT2D eigenvalue weighted by Crippen LogP contribution is 2.49. The molecule has 1 amide bonds. The maximum atomic E-state index is 12.6. The molecule has 1 aromatic heterocycles. The summed E-state index contributed by atoms with van der Waals surface area (Å²) in [5.41, 5.74) is 4.67. The van der Waals surface area contributed by atoms with Crippen LogP contribution in [0.1, 0.15) is 43.9 Å². The molecule has 1 fully saturated rings. The first-order chi connectivity index (χ1) is 18.4. The van der Waals surface area contributed by atoms with E-state index in [-0.39, 0.29) is 5.97 Å². The number of nitrogens with zero attached hydrogens (tertiary/aromatic N) is 2. The van der Waals surface area contributed by atoms with Crippen molar-refractivity contribution < 1.29 is 19.1 Å². The van der Waals surface area contributed by atoms with Gasteiger partial charge in [-0.1, -0.05) is 82.8 Å². The average molecular weight is 548 g/mol. The molecule has 0 radical (unpaired) electrons. The molecule has 1 saturated carbocycles. The van der Waals surface area contributed by atoms with Crippen LogP contribution in [0, 0.1) is 0 Å². The molecular weight excluding hydrogens is 522 g/mol. The third-order valence-electron chi connectivity index (χ3n) is 6.68. The first-order valence-electron chi connectivity index (χ1n) is 12.3. The molecular formula is C29H26ClN3O4S. The van der Waals surface area contributed by atoms with Crippen molar-refractivity contribution in [3.63, 3.8) is 0 Å². The van der Waals surface area contributed by atoms with Crippen LogP contribution in [0.25, 0.3) is 22.4 Å². The maximum absolute atomic E-state index is 12.6. The van der Waals surface area contributed by atoms with Gasteiger partial charge in [-0.3, -0.25) is 10.1 Å². The van der Waals surface area contributed by atoms with Gasteiger partial charge in [0.1, 0.15) is 16.8 Å². The Bertz CT molecular complexity index is 1450. The van der Waals surface area contributed by atoms with Gasteiger partial charge in [0.15, 0.2) is 0 Å². The van der Waals surface area contributed by atoms with E-state index >= 15 is 0 Å². The highest BCUT2D eigenvalue weighted by atomic mass is 35.5. The zero-order valence-electron chi connectivity index (χ0n) is 20.9. The molecule has 194 valence electrons. The molecule has 4 aromatic rings. The van der Waals surface area contributed by atoms with Gasteiger partial charge in [0.05, 0.1) is 12.0 Å². The molecule has 0 bridgehead atoms. The van der Waals surface area contributed by atoms with E-state index in [1.54, 1.807) is 13.0 Å². The number of carbonyl (C=O) groups excluding carboxylic acids is 2. The van der Waals surface area contributed by atoms with Gasteiger partial charge in [-0.25, -0.2) is 4.79 Å². The molecule has 3 aromatic carbocycles. The fraction of sp³-hybridized carbons (Fsp3) is 0.241. The van der Waals surface area contributed by atoms with Crippen molar-refractivity contribution in [2.75, 3.05) is 11.9 Å². The van der Waals surface area contributed by atoms with Gasteiger partial charge in [0.25, 0.3) is 0 Å². The van der Waals surface area contributed by atoms with Crippen LogP contribution < -0.4 is 5.32 Å². The van der Waals surface area contributed by atoms with E-state index < -0.39 is 17.6 Å². The monoisotopic (exact) mass is 547 g/mol. The fourth-order valence-corrected chi connectivity index (χ4v) is 5.29. The van der Waals surface area contributed by atoms with Gasteiger partial charge in [-0.2, -0.15) is 0 Å². The van der Waals surface area contributed by atoms with Crippen molar-refractivity contribution in [1.82, 2.24) is 9.59 Å². The largest absolute Gasteiger partial charge is 0.465 e. The second-order valence-electron chi connectivity index (χ2n) is 9.10. The van der Waals surface area contributed by atoms with Gasteiger partial charge in [-0.05, 0) is 49.4 Å². The lowest BCUT2D eigenvalue weighted by Gasteiger charge is -2.15. The smallest absolute Gasteiger partial charge is 0.412 e. The molecule has 1 aliphatic carbocycles. The highest BCUT2D eigenvalue weighted by Gasteiger charge is 2.52. The molecule has 1 N–H and O–H groups in total. The zero-order valence-corrected chi connectivity index (χ0v) is 22.5. The lowest BCUT2D eigenvalue weighted by atomic mass is 9.93. The van der Waals surface area contributed by atoms with Gasteiger partial charge in [-0.15, -0.1) is 5.10 Å². The molecule has 1 atom stereocenters. The van der Waals surface area contributed by atoms with Crippen LogP contribution in [-0.4, -0.2) is 28.3 Å². The number of ether oxygens (including phenoxy) is 2. The topological polar surface area (TPSA) is 90.4 Å². The Balaban J connectivity index is 1.26. The van der Waals surface area contributed by atoms with Crippen molar-refractivity contribution in [1.29, 1.82) is 0 Å². The van der Waals surface area contributed by atoms with Gasteiger partial charge >= 0.3 is 12.1 Å². The third kappa shape index (κ3) is 5.28. The first-order valence-corrected chi connectivity index (χ1v) is 13.5. The summed E-state index contributed by atoms with van der Waals surface area (Å²) in [6, 6.07) is 23.2. The van der Waals surface area contributed by atoms with E-state index in [0.717, 1.165) is 52.2 Å². The number of benzene rings is 3. The molecule has 9 heteroatoms. The Morgan fingerprint density at radius 2 is 1.63 bits per heavy atom. The van der Waals surface area contributed by atoms with Gasteiger partial charge in [0, 0.05) is 27.7 Å². The SMILES string of the molecule is CCOC(=O)C1(c2ccc(-c3ccc(-c4nnsc4NC(=O)OC(C)c4ccccc4Cl)cc3)cc2)CC1. The highest BCUT2D eigenvalue weighted by molar-refractivity contribution is 7.10. The third-order valence-corrected chi connectivity index (χ3v) is 7.66. The summed E-state index contributed by atoms with van der Waals surface area (Å²) in [7, 11) is 0. The Hall–Kier alpha value is -3.75. The van der Waals surface area contributed by atoms with Crippen LogP contribution in [0.3, 0.4) is 0 Å². The number of nitrogens with one attached hydrogen (secondary N) is 1. The molecule has 0 spiro atoms. The van der Waals surface area contributed by atoms with Crippen molar-refractivity contribution >= 4 is 40.2 Å². The molecule has 1 unspecified atom stereocenters. The number of hydrogen-bond donors (Lipinski definition) is 1.